The number of urea groups is 1. The topological polar surface area (TPSA) is 83.4 Å². The number of aromatic nitrogens is 1. The molecule has 4 rings (SSSR count). The van der Waals surface area contributed by atoms with Crippen molar-refractivity contribution in [1.82, 2.24) is 20.1 Å². The molecule has 2 heterocycles. The van der Waals surface area contributed by atoms with Gasteiger partial charge in [0, 0.05) is 30.2 Å². The van der Waals surface area contributed by atoms with Crippen LogP contribution in [-0.4, -0.2) is 45.9 Å². The van der Waals surface area contributed by atoms with E-state index in [1.54, 1.807) is 0 Å². The molecule has 1 saturated carbocycles. The molecule has 1 saturated heterocycles. The Balaban J connectivity index is 1.35. The first kappa shape index (κ1) is 23.1. The summed E-state index contributed by atoms with van der Waals surface area (Å²) >= 11 is 0. The Hall–Kier alpha value is -3.09. The summed E-state index contributed by atoms with van der Waals surface area (Å²) in [4.78, 5) is 39.2. The number of carbonyl (C=O) groups is 3. The van der Waals surface area contributed by atoms with Crippen molar-refractivity contribution in [3.8, 4) is 5.69 Å². The minimum absolute atomic E-state index is 0.108. The second-order valence-electron chi connectivity index (χ2n) is 9.65. The van der Waals surface area contributed by atoms with E-state index in [1.807, 2.05) is 19.9 Å². The van der Waals surface area contributed by atoms with Crippen LogP contribution in [0.5, 0.6) is 0 Å². The molecule has 7 nitrogen and oxygen atoms in total. The lowest BCUT2D eigenvalue weighted by atomic mass is 9.98. The van der Waals surface area contributed by atoms with Crippen molar-refractivity contribution in [1.29, 1.82) is 0 Å². The zero-order valence-corrected chi connectivity index (χ0v) is 20.0. The Morgan fingerprint density at radius 1 is 1.12 bits per heavy atom. The lowest BCUT2D eigenvalue weighted by Gasteiger charge is -2.20. The molecule has 7 heteroatoms. The fraction of sp³-hybridized carbons (Fsp3) is 0.500. The molecule has 2 aromatic rings. The van der Waals surface area contributed by atoms with Crippen molar-refractivity contribution < 1.29 is 14.4 Å². The fourth-order valence-corrected chi connectivity index (χ4v) is 5.13. The number of carbonyl (C=O) groups excluding carboxylic acids is 3. The molecule has 0 unspecified atom stereocenters. The number of amides is 4. The average molecular weight is 451 g/mol. The van der Waals surface area contributed by atoms with Crippen molar-refractivity contribution in [3.63, 3.8) is 0 Å². The molecule has 2 fully saturated rings. The second kappa shape index (κ2) is 9.04. The summed E-state index contributed by atoms with van der Waals surface area (Å²) in [7, 11) is 0. The van der Waals surface area contributed by atoms with Gasteiger partial charge in [0.05, 0.1) is 5.56 Å². The van der Waals surface area contributed by atoms with Crippen LogP contribution in [0.2, 0.25) is 0 Å². The summed E-state index contributed by atoms with van der Waals surface area (Å²) in [6.07, 6.45) is 3.91. The van der Waals surface area contributed by atoms with Crippen LogP contribution in [0.3, 0.4) is 0 Å². The minimum atomic E-state index is -0.675. The Morgan fingerprint density at radius 3 is 2.42 bits per heavy atom. The second-order valence-corrected chi connectivity index (χ2v) is 9.65. The maximum Gasteiger partial charge on any atom is 0.325 e. The van der Waals surface area contributed by atoms with Crippen molar-refractivity contribution in [2.24, 2.45) is 0 Å². The van der Waals surface area contributed by atoms with E-state index in [-0.39, 0.29) is 17.8 Å². The number of nitrogens with one attached hydrogen (secondary N) is 2. The molecule has 1 aromatic carbocycles. The monoisotopic (exact) mass is 450 g/mol. The van der Waals surface area contributed by atoms with Gasteiger partial charge in [0.25, 0.3) is 11.8 Å². The molecule has 2 N–H and O–H groups in total. The van der Waals surface area contributed by atoms with Crippen LogP contribution in [0.1, 0.15) is 79.2 Å². The lowest BCUT2D eigenvalue weighted by molar-refractivity contribution is -0.131. The van der Waals surface area contributed by atoms with E-state index in [0.717, 1.165) is 42.8 Å². The summed E-state index contributed by atoms with van der Waals surface area (Å²) in [5.41, 5.74) is 4.16. The SMILES string of the molecule is Cc1cc(C(=O)NCCCN2C(=O)NC3(CCCC3)C2=O)c(C)n1-c1ccc(C(C)C)cc1. The van der Waals surface area contributed by atoms with Gasteiger partial charge in [-0.2, -0.15) is 0 Å². The van der Waals surface area contributed by atoms with E-state index in [1.165, 1.54) is 10.5 Å². The van der Waals surface area contributed by atoms with Gasteiger partial charge in [-0.25, -0.2) is 4.79 Å². The van der Waals surface area contributed by atoms with Crippen molar-refractivity contribution in [2.75, 3.05) is 13.1 Å². The standard InChI is InChI=1S/C26H34N4O3/c1-17(2)20-8-10-21(11-9-20)30-18(3)16-22(19(30)4)23(31)27-14-7-15-29-24(32)26(28-25(29)33)12-5-6-13-26/h8-11,16-17H,5-7,12-15H2,1-4H3,(H,27,31)(H,28,33). The molecule has 2 aliphatic rings. The summed E-state index contributed by atoms with van der Waals surface area (Å²) in [6.45, 7) is 9.00. The smallest absolute Gasteiger partial charge is 0.325 e. The van der Waals surface area contributed by atoms with E-state index in [0.29, 0.717) is 31.0 Å². The summed E-state index contributed by atoms with van der Waals surface area (Å²) in [5.74, 6) is 0.221. The van der Waals surface area contributed by atoms with E-state index in [2.05, 4.69) is 53.3 Å². The third-order valence-corrected chi connectivity index (χ3v) is 7.04. The van der Waals surface area contributed by atoms with Gasteiger partial charge in [-0.3, -0.25) is 14.5 Å². The van der Waals surface area contributed by atoms with Gasteiger partial charge in [-0.1, -0.05) is 38.8 Å². The summed E-state index contributed by atoms with van der Waals surface area (Å²) < 4.78 is 2.09. The number of benzene rings is 1. The third kappa shape index (κ3) is 4.28. The van der Waals surface area contributed by atoms with Crippen LogP contribution >= 0.6 is 0 Å². The van der Waals surface area contributed by atoms with Crippen molar-refractivity contribution >= 4 is 17.8 Å². The minimum Gasteiger partial charge on any atom is -0.352 e. The van der Waals surface area contributed by atoms with Crippen LogP contribution < -0.4 is 10.6 Å². The quantitative estimate of drug-likeness (QED) is 0.490. The number of rotatable bonds is 7. The predicted molar refractivity (Wildman–Crippen MR) is 128 cm³/mol. The fourth-order valence-electron chi connectivity index (χ4n) is 5.13. The van der Waals surface area contributed by atoms with Crippen molar-refractivity contribution in [3.05, 3.63) is 52.8 Å². The maximum atomic E-state index is 12.9. The Kier molecular flexibility index (Phi) is 6.32. The normalized spacial score (nSPS) is 17.3. The van der Waals surface area contributed by atoms with Gasteiger partial charge >= 0.3 is 6.03 Å². The highest BCUT2D eigenvalue weighted by molar-refractivity contribution is 6.07. The molecule has 176 valence electrons. The lowest BCUT2D eigenvalue weighted by Crippen LogP contribution is -2.44. The van der Waals surface area contributed by atoms with E-state index < -0.39 is 5.54 Å². The molecule has 1 aliphatic carbocycles. The van der Waals surface area contributed by atoms with Crippen LogP contribution in [-0.2, 0) is 4.79 Å². The number of hydrogen-bond donors (Lipinski definition) is 2. The first-order valence-electron chi connectivity index (χ1n) is 11.9. The molecule has 0 bridgehead atoms. The van der Waals surface area contributed by atoms with Crippen LogP contribution in [0.15, 0.2) is 30.3 Å². The number of nitrogens with zero attached hydrogens (tertiary/aromatic N) is 2. The van der Waals surface area contributed by atoms with Gasteiger partial charge in [0.15, 0.2) is 0 Å². The Bertz CT molecular complexity index is 1060. The zero-order chi connectivity index (χ0) is 23.8. The summed E-state index contributed by atoms with van der Waals surface area (Å²) in [5, 5.41) is 5.84. The van der Waals surface area contributed by atoms with Gasteiger partial charge in [0.1, 0.15) is 5.54 Å². The molecule has 0 radical (unpaired) electrons. The molecular formula is C26H34N4O3. The highest BCUT2D eigenvalue weighted by atomic mass is 16.2. The van der Waals surface area contributed by atoms with E-state index in [4.69, 9.17) is 0 Å². The van der Waals surface area contributed by atoms with Crippen LogP contribution in [0.4, 0.5) is 4.79 Å². The molecule has 1 spiro atoms. The molecule has 1 aromatic heterocycles. The average Bonchev–Trinajstić information content (AvgIpc) is 3.43. The molecule has 33 heavy (non-hydrogen) atoms. The first-order valence-corrected chi connectivity index (χ1v) is 11.9. The van der Waals surface area contributed by atoms with Gasteiger partial charge in [-0.15, -0.1) is 0 Å². The highest BCUT2D eigenvalue weighted by Crippen LogP contribution is 2.35. The predicted octanol–water partition coefficient (Wildman–Crippen LogP) is 4.20. The third-order valence-electron chi connectivity index (χ3n) is 7.04. The molecule has 0 atom stereocenters. The highest BCUT2D eigenvalue weighted by Gasteiger charge is 2.51. The Morgan fingerprint density at radius 2 is 1.79 bits per heavy atom. The van der Waals surface area contributed by atoms with Gasteiger partial charge in [0.2, 0.25) is 0 Å². The van der Waals surface area contributed by atoms with Gasteiger partial charge < -0.3 is 15.2 Å². The number of imide groups is 1. The van der Waals surface area contributed by atoms with Crippen molar-refractivity contribution in [2.45, 2.75) is 71.3 Å². The molecular weight excluding hydrogens is 416 g/mol. The van der Waals surface area contributed by atoms with Gasteiger partial charge in [-0.05, 0) is 62.8 Å². The molecule has 4 amide bonds. The van der Waals surface area contributed by atoms with Crippen LogP contribution in [0.25, 0.3) is 5.69 Å². The number of aryl methyl sites for hydroxylation is 1. The Labute approximate surface area is 195 Å². The van der Waals surface area contributed by atoms with E-state index >= 15 is 0 Å². The maximum absolute atomic E-state index is 12.9. The van der Waals surface area contributed by atoms with Crippen LogP contribution in [0, 0.1) is 13.8 Å². The number of hydrogen-bond acceptors (Lipinski definition) is 3. The zero-order valence-electron chi connectivity index (χ0n) is 20.0. The molecule has 1 aliphatic heterocycles. The first-order chi connectivity index (χ1) is 15.7. The largest absolute Gasteiger partial charge is 0.352 e. The summed E-state index contributed by atoms with van der Waals surface area (Å²) in [6, 6.07) is 10.0. The van der Waals surface area contributed by atoms with E-state index in [9.17, 15) is 14.4 Å².